The van der Waals surface area contributed by atoms with Crippen molar-refractivity contribution in [3.63, 3.8) is 0 Å². The number of carbonyl (C=O) groups excluding carboxylic acids is 3. The van der Waals surface area contributed by atoms with Gasteiger partial charge in [-0.2, -0.15) is 0 Å². The molecule has 0 radical (unpaired) electrons. The number of rotatable bonds is 49. The number of aliphatic hydroxyl groups is 2. The lowest BCUT2D eigenvalue weighted by molar-refractivity contribution is -0.301. The van der Waals surface area contributed by atoms with E-state index < -0.39 is 67.3 Å². The summed E-state index contributed by atoms with van der Waals surface area (Å²) in [5, 5.41) is 31.5. The molecule has 75 heavy (non-hydrogen) atoms. The van der Waals surface area contributed by atoms with E-state index in [2.05, 4.69) is 93.7 Å². The first-order valence-electron chi connectivity index (χ1n) is 29.6. The summed E-state index contributed by atoms with van der Waals surface area (Å²) in [6.07, 6.45) is 52.8. The van der Waals surface area contributed by atoms with Crippen molar-refractivity contribution in [2.24, 2.45) is 0 Å². The Balaban J connectivity index is 2.73. The van der Waals surface area contributed by atoms with Gasteiger partial charge in [-0.25, -0.2) is 4.79 Å². The van der Waals surface area contributed by atoms with Gasteiger partial charge in [0.1, 0.15) is 18.8 Å². The third-order valence-electron chi connectivity index (χ3n) is 12.9. The molecule has 1 rings (SSSR count). The Morgan fingerprint density at radius 1 is 0.453 bits per heavy atom. The van der Waals surface area contributed by atoms with E-state index in [1.54, 1.807) is 0 Å². The number of carbonyl (C=O) groups is 4. The number of unbranched alkanes of at least 4 members (excludes halogenated alkanes) is 21. The van der Waals surface area contributed by atoms with Gasteiger partial charge in [-0.1, -0.05) is 202 Å². The third kappa shape index (κ3) is 40.8. The quantitative estimate of drug-likeness (QED) is 0.0228. The van der Waals surface area contributed by atoms with Crippen molar-refractivity contribution in [2.45, 2.75) is 276 Å². The number of hydrogen-bond acceptors (Lipinski definition) is 11. The van der Waals surface area contributed by atoms with E-state index in [0.717, 1.165) is 96.3 Å². The first kappa shape index (κ1) is 68.9. The summed E-state index contributed by atoms with van der Waals surface area (Å²) < 4.78 is 28.3. The number of carboxylic acids is 1. The van der Waals surface area contributed by atoms with Crippen LogP contribution in [0.15, 0.2) is 85.1 Å². The minimum absolute atomic E-state index is 0.0365. The van der Waals surface area contributed by atoms with Crippen molar-refractivity contribution in [3.05, 3.63) is 85.1 Å². The molecule has 1 aliphatic heterocycles. The molecule has 1 heterocycles. The van der Waals surface area contributed by atoms with Crippen LogP contribution in [0, 0.1) is 0 Å². The smallest absolute Gasteiger partial charge is 0.335 e. The molecule has 0 amide bonds. The molecule has 0 aliphatic carbocycles. The van der Waals surface area contributed by atoms with Crippen LogP contribution >= 0.6 is 0 Å². The summed E-state index contributed by atoms with van der Waals surface area (Å²) in [6, 6.07) is 0. The van der Waals surface area contributed by atoms with Gasteiger partial charge in [0.15, 0.2) is 24.6 Å². The van der Waals surface area contributed by atoms with Crippen molar-refractivity contribution in [1.82, 2.24) is 0 Å². The Labute approximate surface area is 454 Å². The second kappa shape index (κ2) is 50.7. The van der Waals surface area contributed by atoms with Gasteiger partial charge in [0.2, 0.25) is 0 Å². The second-order valence-electron chi connectivity index (χ2n) is 19.9. The van der Waals surface area contributed by atoms with Crippen molar-refractivity contribution >= 4 is 23.9 Å². The van der Waals surface area contributed by atoms with Crippen LogP contribution < -0.4 is 0 Å². The van der Waals surface area contributed by atoms with Crippen molar-refractivity contribution in [2.75, 3.05) is 13.2 Å². The van der Waals surface area contributed by atoms with Crippen molar-refractivity contribution < 1.29 is 58.2 Å². The molecule has 1 fully saturated rings. The Morgan fingerprint density at radius 2 is 0.867 bits per heavy atom. The molecule has 12 nitrogen and oxygen atoms in total. The molecule has 0 aromatic heterocycles. The standard InChI is InChI=1S/C63H104O12/c1-4-7-10-13-16-19-22-25-27-28-30-32-34-37-40-43-46-49-55(64)71-52-54(73-56(65)50-47-44-41-38-35-31-24-21-18-15-12-9-6-3)53-72-63-61(59(68)58(67)60(75-63)62(69)70)74-57(66)51-48-45-42-39-36-33-29-26-23-20-17-14-11-8-5-2/h9,12,16,18-19,21,25-27,29,31,35,41,44,54,58-61,63,67-68H,4-8,10-11,13-15,17,20,22-24,28,30,32-34,36-40,42-43,45-53H2,1-3H3,(H,69,70)/b12-9-,19-16-,21-18-,27-25-,29-26-,35-31-,44-41-. The van der Waals surface area contributed by atoms with Gasteiger partial charge < -0.3 is 39.0 Å². The molecule has 1 aliphatic rings. The summed E-state index contributed by atoms with van der Waals surface area (Å²) in [4.78, 5) is 51.1. The molecule has 0 aromatic carbocycles. The van der Waals surface area contributed by atoms with Crippen molar-refractivity contribution in [1.29, 1.82) is 0 Å². The zero-order valence-corrected chi connectivity index (χ0v) is 47.0. The van der Waals surface area contributed by atoms with Gasteiger partial charge >= 0.3 is 23.9 Å². The molecule has 6 unspecified atom stereocenters. The van der Waals surface area contributed by atoms with Crippen LogP contribution in [0.2, 0.25) is 0 Å². The fourth-order valence-corrected chi connectivity index (χ4v) is 8.41. The summed E-state index contributed by atoms with van der Waals surface area (Å²) in [5.74, 6) is -3.25. The van der Waals surface area contributed by atoms with Crippen LogP contribution in [0.25, 0.3) is 0 Å². The number of aliphatic carboxylic acids is 1. The summed E-state index contributed by atoms with van der Waals surface area (Å²) in [7, 11) is 0. The Morgan fingerprint density at radius 3 is 1.37 bits per heavy atom. The maximum absolute atomic E-state index is 13.1. The molecule has 6 atom stereocenters. The fourth-order valence-electron chi connectivity index (χ4n) is 8.41. The predicted molar refractivity (Wildman–Crippen MR) is 303 cm³/mol. The summed E-state index contributed by atoms with van der Waals surface area (Å²) in [6.45, 7) is 5.77. The number of esters is 3. The van der Waals surface area contributed by atoms with Gasteiger partial charge in [-0.15, -0.1) is 0 Å². The van der Waals surface area contributed by atoms with E-state index in [1.807, 2.05) is 12.2 Å². The van der Waals surface area contributed by atoms with Gasteiger partial charge in [-0.3, -0.25) is 14.4 Å². The average Bonchev–Trinajstić information content (AvgIpc) is 3.39. The lowest BCUT2D eigenvalue weighted by atomic mass is 9.98. The van der Waals surface area contributed by atoms with Crippen molar-refractivity contribution in [3.8, 4) is 0 Å². The number of ether oxygens (including phenoxy) is 5. The van der Waals surface area contributed by atoms with Crippen LogP contribution in [0.5, 0.6) is 0 Å². The van der Waals surface area contributed by atoms with Crippen LogP contribution in [0.1, 0.15) is 239 Å². The predicted octanol–water partition coefficient (Wildman–Crippen LogP) is 15.1. The second-order valence-corrected chi connectivity index (χ2v) is 19.9. The summed E-state index contributed by atoms with van der Waals surface area (Å²) >= 11 is 0. The minimum Gasteiger partial charge on any atom is -0.479 e. The molecule has 0 aromatic rings. The summed E-state index contributed by atoms with van der Waals surface area (Å²) in [5.41, 5.74) is 0. The zero-order chi connectivity index (χ0) is 54.7. The first-order valence-corrected chi connectivity index (χ1v) is 29.6. The van der Waals surface area contributed by atoms with Gasteiger partial charge in [0, 0.05) is 19.3 Å². The number of carboxylic acid groups (broad SMARTS) is 1. The van der Waals surface area contributed by atoms with Gasteiger partial charge in [0.25, 0.3) is 0 Å². The third-order valence-corrected chi connectivity index (χ3v) is 12.9. The Kier molecular flexibility index (Phi) is 46.6. The van der Waals surface area contributed by atoms with Crippen LogP contribution in [0.3, 0.4) is 0 Å². The molecular formula is C63H104O12. The van der Waals surface area contributed by atoms with E-state index in [0.29, 0.717) is 25.7 Å². The first-order chi connectivity index (χ1) is 36.6. The van der Waals surface area contributed by atoms with Crippen LogP contribution in [-0.4, -0.2) is 89.2 Å². The highest BCUT2D eigenvalue weighted by Gasteiger charge is 2.50. The Hall–Kier alpha value is -4.10. The highest BCUT2D eigenvalue weighted by Crippen LogP contribution is 2.26. The lowest BCUT2D eigenvalue weighted by Crippen LogP contribution is -2.61. The number of aliphatic hydroxyl groups excluding tert-OH is 2. The molecule has 428 valence electrons. The SMILES string of the molecule is CC/C=C\C/C=C\C/C=C\C/C=C\CCC(=O)OC(COC(=O)CCCCCCCCC/C=C\C/C=C\CCCCC)COC1OC(C(=O)O)C(O)C(O)C1OC(=O)CCCCCCC/C=C\CCCCCCCC. The monoisotopic (exact) mass is 1050 g/mol. The van der Waals surface area contributed by atoms with E-state index >= 15 is 0 Å². The maximum atomic E-state index is 13.1. The Bertz CT molecular complexity index is 1630. The molecular weight excluding hydrogens is 949 g/mol. The molecule has 0 saturated carbocycles. The minimum atomic E-state index is -1.92. The number of allylic oxidation sites excluding steroid dienone is 14. The highest BCUT2D eigenvalue weighted by molar-refractivity contribution is 5.74. The molecule has 12 heteroatoms. The lowest BCUT2D eigenvalue weighted by Gasteiger charge is -2.40. The van der Waals surface area contributed by atoms with Crippen LogP contribution in [-0.2, 0) is 42.9 Å². The largest absolute Gasteiger partial charge is 0.479 e. The van der Waals surface area contributed by atoms with Gasteiger partial charge in [-0.05, 0) is 103 Å². The molecule has 1 saturated heterocycles. The maximum Gasteiger partial charge on any atom is 0.335 e. The zero-order valence-electron chi connectivity index (χ0n) is 47.0. The topological polar surface area (TPSA) is 175 Å². The average molecular weight is 1050 g/mol. The normalized spacial score (nSPS) is 18.8. The molecule has 0 bridgehead atoms. The number of hydrogen-bond donors (Lipinski definition) is 3. The molecule has 3 N–H and O–H groups in total. The fraction of sp³-hybridized carbons (Fsp3) is 0.714. The van der Waals surface area contributed by atoms with Crippen LogP contribution in [0.4, 0.5) is 0 Å². The highest BCUT2D eigenvalue weighted by atomic mass is 16.7. The van der Waals surface area contributed by atoms with Gasteiger partial charge in [0.05, 0.1) is 6.61 Å². The van der Waals surface area contributed by atoms with E-state index in [4.69, 9.17) is 23.7 Å². The van der Waals surface area contributed by atoms with E-state index in [1.165, 1.54) is 77.0 Å². The van der Waals surface area contributed by atoms with E-state index in [-0.39, 0.29) is 25.9 Å². The van der Waals surface area contributed by atoms with E-state index in [9.17, 15) is 34.5 Å². The molecule has 0 spiro atoms.